The highest BCUT2D eigenvalue weighted by Crippen LogP contribution is 2.42. The molecule has 0 saturated carbocycles. The molecule has 608 valence electrons. The molecule has 0 aliphatic carbocycles. The standard InChI is InChI=1S/C116H84N8O2Si2/c1-115(2,3)127(98-31-11-7-12-32-98,99-33-13-8-14-34-99)125-97-71-82-43-41-78-24-20-28-86(68-78)112-104-58-50-91(119-104)73-89-48-56-102(117-89)111(103-57-49-90(118-103)74-92-51-59-105(112)120-92)85-27-19-23-77(67-85)39-40-81-46-64-110(126-128(116(4,5)6,100-35-15-9-16-36-100)101-37-17-10-18-38-101)84(66-81)47-45-80-26-22-30-88(70-80)114-108-62-54-95(123-108)75-93-52-60-106(121-93)113(87-29-21-25-79(69-87)42-44-83(65-82)72-97)107-61-53-94(122-107)76-96-55-63-109(114)124-96/h7-38,46,48-76,117,120-121,124H,1-6H3. The predicted molar refractivity (Wildman–Crippen MR) is 538 cm³/mol. The van der Waals surface area contributed by atoms with Gasteiger partial charge in [-0.1, -0.05) is 260 Å². The third-order valence-corrected chi connectivity index (χ3v) is 33.9. The summed E-state index contributed by atoms with van der Waals surface area (Å²) in [5.74, 6) is 1.35. The summed E-state index contributed by atoms with van der Waals surface area (Å²) in [6.07, 6.45) is 16.7. The quantitative estimate of drug-likeness (QED) is 0.112. The van der Waals surface area contributed by atoms with Crippen LogP contribution in [-0.2, 0) is 0 Å². The average Bonchev–Trinajstić information content (AvgIpc) is 1.59. The van der Waals surface area contributed by atoms with E-state index in [0.29, 0.717) is 16.9 Å². The van der Waals surface area contributed by atoms with E-state index >= 15 is 0 Å². The Morgan fingerprint density at radius 1 is 0.242 bits per heavy atom. The fraction of sp³-hybridized carbons (Fsp3) is 0.0690. The van der Waals surface area contributed by atoms with Gasteiger partial charge < -0.3 is 28.8 Å². The molecule has 32 bridgehead atoms. The van der Waals surface area contributed by atoms with Gasteiger partial charge in [-0.2, -0.15) is 0 Å². The molecule has 12 heteroatoms. The van der Waals surface area contributed by atoms with Gasteiger partial charge in [0.2, 0.25) is 0 Å². The largest absolute Gasteiger partial charge is 0.534 e. The van der Waals surface area contributed by atoms with E-state index in [2.05, 4.69) is 486 Å². The minimum absolute atomic E-state index is 0.334. The molecule has 4 aliphatic heterocycles. The van der Waals surface area contributed by atoms with Gasteiger partial charge >= 0.3 is 16.6 Å². The Balaban J connectivity index is 0.813. The number of hydrogen-bond donors (Lipinski definition) is 4. The fourth-order valence-corrected chi connectivity index (χ4v) is 27.0. The second-order valence-electron chi connectivity index (χ2n) is 34.7. The number of nitrogens with one attached hydrogen (secondary N) is 4. The molecular weight excluding hydrogens is 1590 g/mol. The SMILES string of the molecule is CC(C)(C)[Si](Oc1cc2c#cc3cccc(c3)c3c4nc(cc5ccc([nH]5)c(c5nc(cc6ccc3[nH]6)C=C5)c3cccc(c#cc5ccc(O[Si](c6ccccc6)(c6ccccc6)C(C)(C)C)c(c#cc6cccc(c6)c6c7nc(cc8ccc([nH]8)c(c8nc(cc9ccc6[nH]9)C=C8)c6cccc(c#cc(c1)c2)c6)C=C7)c5)c3)C=C4)(c1ccccc1)c1ccccc1. The first kappa shape index (κ1) is 78.9. The summed E-state index contributed by atoms with van der Waals surface area (Å²) in [7, 11) is -6.35. The van der Waals surface area contributed by atoms with Crippen LogP contribution >= 0.6 is 0 Å². The van der Waals surface area contributed by atoms with Crippen LogP contribution in [0.15, 0.2) is 328 Å². The molecule has 10 aromatic carbocycles. The van der Waals surface area contributed by atoms with Crippen molar-refractivity contribution in [2.24, 2.45) is 0 Å². The van der Waals surface area contributed by atoms with E-state index in [-0.39, 0.29) is 10.1 Å². The van der Waals surface area contributed by atoms with Gasteiger partial charge in [-0.15, -0.1) is 0 Å². The zero-order valence-electron chi connectivity index (χ0n) is 71.4. The molecule has 0 amide bonds. The first-order chi connectivity index (χ1) is 62.5. The van der Waals surface area contributed by atoms with Crippen molar-refractivity contribution < 1.29 is 8.85 Å². The second kappa shape index (κ2) is 32.7. The molecule has 0 fully saturated rings. The summed E-state index contributed by atoms with van der Waals surface area (Å²) < 4.78 is 15.7. The number of hydrogen-bond acceptors (Lipinski definition) is 6. The number of nitrogens with zero attached hydrogens (tertiary/aromatic N) is 4. The van der Waals surface area contributed by atoms with E-state index in [0.717, 1.165) is 191 Å². The molecule has 0 spiro atoms. The topological polar surface area (TPSA) is 133 Å². The van der Waals surface area contributed by atoms with Crippen molar-refractivity contribution in [3.63, 3.8) is 0 Å². The van der Waals surface area contributed by atoms with E-state index in [4.69, 9.17) is 28.8 Å². The molecule has 14 heterocycles. The van der Waals surface area contributed by atoms with E-state index in [1.165, 1.54) is 0 Å². The lowest BCUT2D eigenvalue weighted by atomic mass is 10.1. The van der Waals surface area contributed by atoms with Gasteiger partial charge in [0.05, 0.1) is 50.9 Å². The minimum atomic E-state index is -3.19. The first-order valence-electron chi connectivity index (χ1n) is 43.1. The lowest BCUT2D eigenvalue weighted by Crippen LogP contribution is -2.68. The summed E-state index contributed by atoms with van der Waals surface area (Å²) in [6, 6.07) is 143. The molecule has 0 unspecified atom stereocenters. The number of aromatic nitrogens is 8. The molecule has 128 heavy (non-hydrogen) atoms. The van der Waals surface area contributed by atoms with E-state index in [1.54, 1.807) is 0 Å². The van der Waals surface area contributed by atoms with Gasteiger partial charge in [0.15, 0.2) is 0 Å². The van der Waals surface area contributed by atoms with Gasteiger partial charge in [-0.25, -0.2) is 19.9 Å². The van der Waals surface area contributed by atoms with Gasteiger partial charge in [0.1, 0.15) is 11.5 Å². The van der Waals surface area contributed by atoms with Crippen molar-refractivity contribution in [1.82, 2.24) is 39.9 Å². The van der Waals surface area contributed by atoms with E-state index in [1.807, 2.05) is 0 Å². The van der Waals surface area contributed by atoms with E-state index < -0.39 is 16.6 Å². The third kappa shape index (κ3) is 15.5. The van der Waals surface area contributed by atoms with Gasteiger partial charge in [0.25, 0.3) is 0 Å². The molecule has 4 aliphatic rings. The highest BCUT2D eigenvalue weighted by atomic mass is 28.4. The monoisotopic (exact) mass is 1680 g/mol. The van der Waals surface area contributed by atoms with Gasteiger partial charge in [-0.3, -0.25) is 0 Å². The lowest BCUT2D eigenvalue weighted by Gasteiger charge is -2.43. The molecule has 0 radical (unpaired) electrons. The molecule has 24 rings (SSSR count). The van der Waals surface area contributed by atoms with Crippen LogP contribution in [0.3, 0.4) is 0 Å². The summed E-state index contributed by atoms with van der Waals surface area (Å²) >= 11 is 0. The molecule has 4 N–H and O–H groups in total. The Kier molecular flexibility index (Phi) is 20.2. The van der Waals surface area contributed by atoms with Crippen LogP contribution in [-0.4, -0.2) is 56.5 Å². The zero-order valence-corrected chi connectivity index (χ0v) is 73.4. The molecular formula is C116H84N8O2Si2. The number of H-pyrrole nitrogens is 4. The summed E-state index contributed by atoms with van der Waals surface area (Å²) in [4.78, 5) is 36.7. The normalized spacial score (nSPS) is 12.2. The van der Waals surface area contributed by atoms with Crippen LogP contribution in [0.5, 0.6) is 11.5 Å². The van der Waals surface area contributed by atoms with Crippen molar-refractivity contribution in [3.8, 4) is 11.5 Å². The highest BCUT2D eigenvalue weighted by molar-refractivity contribution is 7.00. The zero-order chi connectivity index (χ0) is 86.5. The summed E-state index contributed by atoms with van der Waals surface area (Å²) in [6.45, 7) is 13.8. The Labute approximate surface area is 744 Å². The summed E-state index contributed by atoms with van der Waals surface area (Å²) in [5, 5.41) is 17.6. The predicted octanol–water partition coefficient (Wildman–Crippen LogP) is 26.2. The summed E-state index contributed by atoms with van der Waals surface area (Å²) in [5.41, 5.74) is 13.4. The highest BCUT2D eigenvalue weighted by Gasteiger charge is 2.53. The van der Waals surface area contributed by atoms with Crippen LogP contribution in [0.2, 0.25) is 10.1 Å². The van der Waals surface area contributed by atoms with Gasteiger partial charge in [0, 0.05) is 103 Å². The maximum atomic E-state index is 7.88. The average molecular weight is 1680 g/mol. The lowest BCUT2D eigenvalue weighted by molar-refractivity contribution is 0.509. The smallest absolute Gasteiger partial charge is 0.320 e. The molecule has 10 nitrogen and oxygen atoms in total. The van der Waals surface area contributed by atoms with Crippen molar-refractivity contribution in [1.29, 1.82) is 0 Å². The Morgan fingerprint density at radius 3 is 0.844 bits per heavy atom. The van der Waals surface area contributed by atoms with Crippen molar-refractivity contribution in [2.45, 2.75) is 51.6 Å². The molecule has 0 saturated heterocycles. The molecule has 20 aromatic rings. The van der Waals surface area contributed by atoms with Crippen LogP contribution in [0, 0.1) is 48.5 Å². The van der Waals surface area contributed by atoms with Crippen LogP contribution < -0.4 is 29.6 Å². The number of aromatic amines is 4. The van der Waals surface area contributed by atoms with Crippen molar-refractivity contribution in [3.05, 3.63) is 422 Å². The third-order valence-electron chi connectivity index (χ3n) is 24.0. The maximum Gasteiger partial charge on any atom is 0.320 e. The Morgan fingerprint density at radius 2 is 0.531 bits per heavy atom. The fourth-order valence-electron chi connectivity index (χ4n) is 18.2. The van der Waals surface area contributed by atoms with Crippen LogP contribution in [0.1, 0.15) is 87.1 Å². The number of rotatable bonds is 8. The van der Waals surface area contributed by atoms with Crippen molar-refractivity contribution >= 4 is 216 Å². The second-order valence-corrected chi connectivity index (χ2v) is 43.2. The van der Waals surface area contributed by atoms with Gasteiger partial charge in [-0.05, 0) is 259 Å². The van der Waals surface area contributed by atoms with Crippen LogP contribution in [0.25, 0.3) is 179 Å². The molecule has 10 aromatic heterocycles. The molecule has 0 atom stereocenters. The number of benzene rings is 10. The Bertz CT molecular complexity index is 8120. The first-order valence-corrected chi connectivity index (χ1v) is 46.9. The minimum Gasteiger partial charge on any atom is -0.534 e. The maximum absolute atomic E-state index is 7.88. The van der Waals surface area contributed by atoms with Crippen LogP contribution in [0.4, 0.5) is 0 Å². The van der Waals surface area contributed by atoms with E-state index in [9.17, 15) is 0 Å². The van der Waals surface area contributed by atoms with Crippen molar-refractivity contribution in [2.75, 3.05) is 0 Å². The Hall–Kier alpha value is -16.3.